The second-order valence-electron chi connectivity index (χ2n) is 5.52. The largest absolute Gasteiger partial charge is 0.299 e. The SMILES string of the molecule is CN(Cc1ccccc1C(=O)CC(=O)C1CC1)S(C)(=O)=O. The van der Waals surface area contributed by atoms with E-state index in [0.29, 0.717) is 11.1 Å². The standard InChI is InChI=1S/C15H19NO4S/c1-16(21(2,19)20)10-12-5-3-4-6-13(12)15(18)9-14(17)11-7-8-11/h3-6,11H,7-10H2,1-2H3. The third-order valence-electron chi connectivity index (χ3n) is 3.64. The van der Waals surface area contributed by atoms with Crippen LogP contribution in [0.3, 0.4) is 0 Å². The van der Waals surface area contributed by atoms with Crippen molar-refractivity contribution < 1.29 is 18.0 Å². The normalized spacial score (nSPS) is 15.2. The molecule has 1 aliphatic rings. The maximum absolute atomic E-state index is 12.3. The Labute approximate surface area is 125 Å². The van der Waals surface area contributed by atoms with Gasteiger partial charge in [0.05, 0.1) is 12.7 Å². The predicted octanol–water partition coefficient (Wildman–Crippen LogP) is 1.63. The van der Waals surface area contributed by atoms with Crippen molar-refractivity contribution >= 4 is 21.6 Å². The molecule has 5 nitrogen and oxygen atoms in total. The Balaban J connectivity index is 2.16. The summed E-state index contributed by atoms with van der Waals surface area (Å²) in [4.78, 5) is 24.0. The van der Waals surface area contributed by atoms with Crippen LogP contribution in [0, 0.1) is 5.92 Å². The first-order valence-electron chi connectivity index (χ1n) is 6.84. The molecule has 0 radical (unpaired) electrons. The molecule has 2 rings (SSSR count). The summed E-state index contributed by atoms with van der Waals surface area (Å²) in [5, 5.41) is 0. The lowest BCUT2D eigenvalue weighted by atomic mass is 9.99. The van der Waals surface area contributed by atoms with Gasteiger partial charge in [-0.15, -0.1) is 0 Å². The van der Waals surface area contributed by atoms with E-state index in [-0.39, 0.29) is 30.4 Å². The number of hydrogen-bond donors (Lipinski definition) is 0. The van der Waals surface area contributed by atoms with Crippen molar-refractivity contribution in [2.75, 3.05) is 13.3 Å². The minimum Gasteiger partial charge on any atom is -0.299 e. The van der Waals surface area contributed by atoms with Gasteiger partial charge in [0.25, 0.3) is 0 Å². The molecule has 0 aliphatic heterocycles. The van der Waals surface area contributed by atoms with Gasteiger partial charge in [-0.1, -0.05) is 24.3 Å². The first kappa shape index (κ1) is 15.9. The number of nitrogens with zero attached hydrogens (tertiary/aromatic N) is 1. The highest BCUT2D eigenvalue weighted by atomic mass is 32.2. The molecular weight excluding hydrogens is 290 g/mol. The van der Waals surface area contributed by atoms with Crippen LogP contribution < -0.4 is 0 Å². The summed E-state index contributed by atoms with van der Waals surface area (Å²) in [5.41, 5.74) is 1.06. The number of carbonyl (C=O) groups excluding carboxylic acids is 2. The van der Waals surface area contributed by atoms with Crippen LogP contribution in [0.15, 0.2) is 24.3 Å². The van der Waals surface area contributed by atoms with Gasteiger partial charge in [-0.05, 0) is 18.4 Å². The Morgan fingerprint density at radius 3 is 2.43 bits per heavy atom. The molecule has 0 aromatic heterocycles. The molecule has 114 valence electrons. The highest BCUT2D eigenvalue weighted by molar-refractivity contribution is 7.88. The van der Waals surface area contributed by atoms with E-state index in [1.165, 1.54) is 11.4 Å². The van der Waals surface area contributed by atoms with Gasteiger partial charge in [0, 0.05) is 25.1 Å². The van der Waals surface area contributed by atoms with Crippen molar-refractivity contribution in [2.45, 2.75) is 25.8 Å². The van der Waals surface area contributed by atoms with Crippen molar-refractivity contribution in [1.29, 1.82) is 0 Å². The topological polar surface area (TPSA) is 71.5 Å². The minimum absolute atomic E-state index is 0.00808. The van der Waals surface area contributed by atoms with Crippen LogP contribution in [0.1, 0.15) is 35.2 Å². The van der Waals surface area contributed by atoms with E-state index in [1.807, 2.05) is 0 Å². The molecule has 0 atom stereocenters. The molecule has 0 spiro atoms. The number of Topliss-reactive ketones (excluding diaryl/α,β-unsaturated/α-hetero) is 2. The van der Waals surface area contributed by atoms with E-state index in [4.69, 9.17) is 0 Å². The summed E-state index contributed by atoms with van der Waals surface area (Å²) in [6.07, 6.45) is 2.79. The molecule has 0 unspecified atom stereocenters. The third kappa shape index (κ3) is 4.22. The molecule has 1 aromatic carbocycles. The van der Waals surface area contributed by atoms with Gasteiger partial charge in [0.15, 0.2) is 5.78 Å². The summed E-state index contributed by atoms with van der Waals surface area (Å²) in [6.45, 7) is 0.123. The second-order valence-corrected chi connectivity index (χ2v) is 7.61. The zero-order valence-electron chi connectivity index (χ0n) is 12.2. The molecule has 0 N–H and O–H groups in total. The van der Waals surface area contributed by atoms with Gasteiger partial charge in [-0.25, -0.2) is 12.7 Å². The number of benzene rings is 1. The Morgan fingerprint density at radius 2 is 1.86 bits per heavy atom. The molecule has 0 saturated heterocycles. The molecule has 21 heavy (non-hydrogen) atoms. The maximum Gasteiger partial charge on any atom is 0.211 e. The summed E-state index contributed by atoms with van der Waals surface area (Å²) in [5.74, 6) is -0.185. The Hall–Kier alpha value is -1.53. The summed E-state index contributed by atoms with van der Waals surface area (Å²) >= 11 is 0. The van der Waals surface area contributed by atoms with Crippen LogP contribution in [0.4, 0.5) is 0 Å². The fraction of sp³-hybridized carbons (Fsp3) is 0.467. The van der Waals surface area contributed by atoms with Crippen LogP contribution >= 0.6 is 0 Å². The quantitative estimate of drug-likeness (QED) is 0.567. The molecule has 1 aromatic rings. The van der Waals surface area contributed by atoms with Crippen LogP contribution in [-0.2, 0) is 21.4 Å². The average Bonchev–Trinajstić information content (AvgIpc) is 3.22. The van der Waals surface area contributed by atoms with Crippen molar-refractivity contribution in [1.82, 2.24) is 4.31 Å². The number of rotatable bonds is 7. The molecule has 0 heterocycles. The molecular formula is C15H19NO4S. The number of carbonyl (C=O) groups is 2. The third-order valence-corrected chi connectivity index (χ3v) is 4.91. The zero-order valence-corrected chi connectivity index (χ0v) is 13.0. The fourth-order valence-electron chi connectivity index (χ4n) is 2.09. The van der Waals surface area contributed by atoms with E-state index in [1.54, 1.807) is 24.3 Å². The molecule has 0 bridgehead atoms. The fourth-order valence-corrected chi connectivity index (χ4v) is 2.46. The zero-order chi connectivity index (χ0) is 15.6. The van der Waals surface area contributed by atoms with E-state index in [0.717, 1.165) is 19.1 Å². The smallest absolute Gasteiger partial charge is 0.211 e. The van der Waals surface area contributed by atoms with Crippen LogP contribution in [-0.4, -0.2) is 37.6 Å². The predicted molar refractivity (Wildman–Crippen MR) is 79.4 cm³/mol. The van der Waals surface area contributed by atoms with Gasteiger partial charge in [0.2, 0.25) is 10.0 Å². The Bertz CT molecular complexity index is 662. The number of ketones is 2. The molecule has 0 amide bonds. The van der Waals surface area contributed by atoms with Crippen molar-refractivity contribution in [3.63, 3.8) is 0 Å². The maximum atomic E-state index is 12.3. The Morgan fingerprint density at radius 1 is 1.24 bits per heavy atom. The van der Waals surface area contributed by atoms with Crippen LogP contribution in [0.2, 0.25) is 0 Å². The van der Waals surface area contributed by atoms with Crippen molar-refractivity contribution in [2.24, 2.45) is 5.92 Å². The first-order valence-corrected chi connectivity index (χ1v) is 8.69. The summed E-state index contributed by atoms with van der Waals surface area (Å²) in [6, 6.07) is 6.84. The highest BCUT2D eigenvalue weighted by Crippen LogP contribution is 2.31. The number of hydrogen-bond acceptors (Lipinski definition) is 4. The molecule has 1 saturated carbocycles. The van der Waals surface area contributed by atoms with Crippen LogP contribution in [0.25, 0.3) is 0 Å². The van der Waals surface area contributed by atoms with Gasteiger partial charge in [0.1, 0.15) is 5.78 Å². The number of sulfonamides is 1. The molecule has 1 fully saturated rings. The van der Waals surface area contributed by atoms with Gasteiger partial charge < -0.3 is 0 Å². The van der Waals surface area contributed by atoms with E-state index in [2.05, 4.69) is 0 Å². The monoisotopic (exact) mass is 309 g/mol. The highest BCUT2D eigenvalue weighted by Gasteiger charge is 2.31. The average molecular weight is 309 g/mol. The van der Waals surface area contributed by atoms with E-state index < -0.39 is 10.0 Å². The summed E-state index contributed by atoms with van der Waals surface area (Å²) < 4.78 is 24.1. The lowest BCUT2D eigenvalue weighted by Gasteiger charge is -2.16. The van der Waals surface area contributed by atoms with Crippen LogP contribution in [0.5, 0.6) is 0 Å². The van der Waals surface area contributed by atoms with Gasteiger partial charge in [-0.3, -0.25) is 9.59 Å². The van der Waals surface area contributed by atoms with Gasteiger partial charge in [-0.2, -0.15) is 0 Å². The minimum atomic E-state index is -3.31. The van der Waals surface area contributed by atoms with E-state index in [9.17, 15) is 18.0 Å². The van der Waals surface area contributed by atoms with E-state index >= 15 is 0 Å². The molecule has 1 aliphatic carbocycles. The first-order chi connectivity index (χ1) is 9.79. The van der Waals surface area contributed by atoms with Crippen molar-refractivity contribution in [3.05, 3.63) is 35.4 Å². The molecule has 6 heteroatoms. The lowest BCUT2D eigenvalue weighted by molar-refractivity contribution is -0.119. The lowest BCUT2D eigenvalue weighted by Crippen LogP contribution is -2.26. The summed E-state index contributed by atoms with van der Waals surface area (Å²) in [7, 11) is -1.85. The second kappa shape index (κ2) is 6.07. The van der Waals surface area contributed by atoms with Crippen molar-refractivity contribution in [3.8, 4) is 0 Å². The van der Waals surface area contributed by atoms with Gasteiger partial charge >= 0.3 is 0 Å². The Kier molecular flexibility index (Phi) is 4.58.